The normalized spacial score (nSPS) is 20.4. The van der Waals surface area contributed by atoms with Crippen molar-refractivity contribution in [3.63, 3.8) is 0 Å². The average Bonchev–Trinajstić information content (AvgIpc) is 2.57. The molecule has 0 bridgehead atoms. The average molecular weight is 195 g/mol. The molecule has 1 heterocycles. The highest BCUT2D eigenvalue weighted by Gasteiger charge is 2.25. The molecule has 0 radical (unpaired) electrons. The predicted molar refractivity (Wildman–Crippen MR) is 48.4 cm³/mol. The Morgan fingerprint density at radius 1 is 1.57 bits per heavy atom. The SMILES string of the molecule is Cc1c(F)cccc1C1CNC(=O)O1. The van der Waals surface area contributed by atoms with Crippen LogP contribution in [-0.4, -0.2) is 12.6 Å². The number of benzene rings is 1. The number of ether oxygens (including phenoxy) is 1. The highest BCUT2D eigenvalue weighted by molar-refractivity contribution is 5.69. The second-order valence-corrected chi connectivity index (χ2v) is 3.23. The predicted octanol–water partition coefficient (Wildman–Crippen LogP) is 1.92. The molecule has 1 N–H and O–H groups in total. The van der Waals surface area contributed by atoms with E-state index in [1.54, 1.807) is 19.1 Å². The minimum absolute atomic E-state index is 0.273. The maximum absolute atomic E-state index is 13.2. The number of alkyl carbamates (subject to hydrolysis) is 1. The first-order valence-corrected chi connectivity index (χ1v) is 4.38. The molecule has 0 aliphatic carbocycles. The van der Waals surface area contributed by atoms with Crippen molar-refractivity contribution < 1.29 is 13.9 Å². The molecule has 1 fully saturated rings. The molecule has 1 aliphatic rings. The van der Waals surface area contributed by atoms with Crippen molar-refractivity contribution in [1.82, 2.24) is 5.32 Å². The monoisotopic (exact) mass is 195 g/mol. The standard InChI is InChI=1S/C10H10FNO2/c1-6-7(3-2-4-8(6)11)9-5-12-10(13)14-9/h2-4,9H,5H2,1H3,(H,12,13). The van der Waals surface area contributed by atoms with E-state index in [2.05, 4.69) is 5.32 Å². The van der Waals surface area contributed by atoms with Gasteiger partial charge in [-0.15, -0.1) is 0 Å². The van der Waals surface area contributed by atoms with Crippen LogP contribution in [0.2, 0.25) is 0 Å². The van der Waals surface area contributed by atoms with Crippen LogP contribution in [0.25, 0.3) is 0 Å². The van der Waals surface area contributed by atoms with E-state index in [1.807, 2.05) is 0 Å². The van der Waals surface area contributed by atoms with Gasteiger partial charge in [0.05, 0.1) is 6.54 Å². The summed E-state index contributed by atoms with van der Waals surface area (Å²) in [7, 11) is 0. The van der Waals surface area contributed by atoms with Crippen LogP contribution in [0.3, 0.4) is 0 Å². The summed E-state index contributed by atoms with van der Waals surface area (Å²) in [6.07, 6.45) is -0.808. The van der Waals surface area contributed by atoms with Crippen LogP contribution >= 0.6 is 0 Å². The Hall–Kier alpha value is -1.58. The number of nitrogens with one attached hydrogen (secondary N) is 1. The third-order valence-corrected chi connectivity index (χ3v) is 2.34. The first kappa shape index (κ1) is 8.99. The maximum Gasteiger partial charge on any atom is 0.407 e. The fraction of sp³-hybridized carbons (Fsp3) is 0.300. The van der Waals surface area contributed by atoms with Crippen LogP contribution in [0, 0.1) is 12.7 Å². The quantitative estimate of drug-likeness (QED) is 0.743. The van der Waals surface area contributed by atoms with Gasteiger partial charge in [0.1, 0.15) is 11.9 Å². The van der Waals surface area contributed by atoms with Crippen LogP contribution in [0.4, 0.5) is 9.18 Å². The maximum atomic E-state index is 13.2. The first-order valence-electron chi connectivity index (χ1n) is 4.38. The Morgan fingerprint density at radius 3 is 3.00 bits per heavy atom. The molecule has 1 aromatic rings. The van der Waals surface area contributed by atoms with Crippen molar-refractivity contribution in [2.24, 2.45) is 0 Å². The molecule has 1 aromatic carbocycles. The number of rotatable bonds is 1. The largest absolute Gasteiger partial charge is 0.439 e. The Bertz CT molecular complexity index is 378. The third kappa shape index (κ3) is 1.43. The van der Waals surface area contributed by atoms with Gasteiger partial charge in [-0.3, -0.25) is 0 Å². The summed E-state index contributed by atoms with van der Waals surface area (Å²) >= 11 is 0. The molecule has 0 saturated carbocycles. The molecule has 1 aliphatic heterocycles. The van der Waals surface area contributed by atoms with E-state index >= 15 is 0 Å². The van der Waals surface area contributed by atoms with Crippen LogP contribution in [0.1, 0.15) is 17.2 Å². The lowest BCUT2D eigenvalue weighted by Gasteiger charge is -2.11. The number of amides is 1. The van der Waals surface area contributed by atoms with Crippen LogP contribution in [0.5, 0.6) is 0 Å². The Kier molecular flexibility index (Phi) is 2.11. The van der Waals surface area contributed by atoms with Crippen molar-refractivity contribution in [2.75, 3.05) is 6.54 Å². The number of hydrogen-bond acceptors (Lipinski definition) is 2. The molecule has 1 saturated heterocycles. The molecule has 2 rings (SSSR count). The van der Waals surface area contributed by atoms with Crippen molar-refractivity contribution in [3.8, 4) is 0 Å². The molecular formula is C10H10FNO2. The van der Waals surface area contributed by atoms with Gasteiger partial charge in [0.25, 0.3) is 0 Å². The van der Waals surface area contributed by atoms with E-state index in [0.717, 1.165) is 5.56 Å². The van der Waals surface area contributed by atoms with Crippen LogP contribution in [0.15, 0.2) is 18.2 Å². The van der Waals surface area contributed by atoms with Crippen molar-refractivity contribution in [1.29, 1.82) is 0 Å². The third-order valence-electron chi connectivity index (χ3n) is 2.34. The Balaban J connectivity index is 2.32. The minimum atomic E-state index is -0.446. The summed E-state index contributed by atoms with van der Waals surface area (Å²) in [6.45, 7) is 2.08. The zero-order chi connectivity index (χ0) is 10.1. The molecule has 1 amide bonds. The topological polar surface area (TPSA) is 38.3 Å². The molecule has 1 atom stereocenters. The van der Waals surface area contributed by atoms with Gasteiger partial charge < -0.3 is 10.1 Å². The Labute approximate surface area is 80.9 Å². The number of cyclic esters (lactones) is 1. The van der Waals surface area contributed by atoms with Gasteiger partial charge >= 0.3 is 6.09 Å². The molecular weight excluding hydrogens is 185 g/mol. The van der Waals surface area contributed by atoms with Gasteiger partial charge in [-0.1, -0.05) is 12.1 Å². The lowest BCUT2D eigenvalue weighted by atomic mass is 10.0. The summed E-state index contributed by atoms with van der Waals surface area (Å²) in [5, 5.41) is 2.53. The van der Waals surface area contributed by atoms with Crippen LogP contribution in [-0.2, 0) is 4.74 Å². The van der Waals surface area contributed by atoms with Gasteiger partial charge in [-0.05, 0) is 18.6 Å². The first-order chi connectivity index (χ1) is 6.68. The fourth-order valence-electron chi connectivity index (χ4n) is 1.53. The zero-order valence-electron chi connectivity index (χ0n) is 7.71. The zero-order valence-corrected chi connectivity index (χ0v) is 7.71. The van der Waals surface area contributed by atoms with Crippen molar-refractivity contribution in [2.45, 2.75) is 13.0 Å². The Morgan fingerprint density at radius 2 is 2.36 bits per heavy atom. The number of carbonyl (C=O) groups excluding carboxylic acids is 1. The van der Waals surface area contributed by atoms with Gasteiger partial charge in [0.2, 0.25) is 0 Å². The summed E-state index contributed by atoms with van der Waals surface area (Å²) in [5.74, 6) is -0.273. The minimum Gasteiger partial charge on any atom is -0.439 e. The van der Waals surface area contributed by atoms with Crippen molar-refractivity contribution >= 4 is 6.09 Å². The summed E-state index contributed by atoms with van der Waals surface area (Å²) < 4.78 is 18.1. The molecule has 74 valence electrons. The lowest BCUT2D eigenvalue weighted by Crippen LogP contribution is -2.12. The summed E-state index contributed by atoms with van der Waals surface area (Å²) in [5.41, 5.74) is 1.26. The van der Waals surface area contributed by atoms with E-state index in [9.17, 15) is 9.18 Å². The summed E-state index contributed by atoms with van der Waals surface area (Å²) in [6, 6.07) is 4.77. The van der Waals surface area contributed by atoms with E-state index in [1.165, 1.54) is 6.07 Å². The molecule has 1 unspecified atom stereocenters. The summed E-state index contributed by atoms with van der Waals surface area (Å²) in [4.78, 5) is 10.8. The van der Waals surface area contributed by atoms with E-state index in [-0.39, 0.29) is 11.9 Å². The highest BCUT2D eigenvalue weighted by Crippen LogP contribution is 2.25. The van der Waals surface area contributed by atoms with Gasteiger partial charge in [-0.25, -0.2) is 9.18 Å². The highest BCUT2D eigenvalue weighted by atomic mass is 19.1. The van der Waals surface area contributed by atoms with Crippen molar-refractivity contribution in [3.05, 3.63) is 35.1 Å². The molecule has 3 nitrogen and oxygen atoms in total. The molecule has 0 spiro atoms. The fourth-order valence-corrected chi connectivity index (χ4v) is 1.53. The molecule has 4 heteroatoms. The molecule has 14 heavy (non-hydrogen) atoms. The second-order valence-electron chi connectivity index (χ2n) is 3.23. The lowest BCUT2D eigenvalue weighted by molar-refractivity contribution is 0.140. The molecule has 0 aromatic heterocycles. The van der Waals surface area contributed by atoms with E-state index in [0.29, 0.717) is 12.1 Å². The van der Waals surface area contributed by atoms with E-state index < -0.39 is 6.09 Å². The number of halogens is 1. The number of carbonyl (C=O) groups is 1. The van der Waals surface area contributed by atoms with E-state index in [4.69, 9.17) is 4.74 Å². The van der Waals surface area contributed by atoms with Crippen LogP contribution < -0.4 is 5.32 Å². The number of hydrogen-bond donors (Lipinski definition) is 1. The van der Waals surface area contributed by atoms with Gasteiger partial charge in [0, 0.05) is 5.56 Å². The van der Waals surface area contributed by atoms with Gasteiger partial charge in [0.15, 0.2) is 0 Å². The smallest absolute Gasteiger partial charge is 0.407 e. The second kappa shape index (κ2) is 3.29. The van der Waals surface area contributed by atoms with Gasteiger partial charge in [-0.2, -0.15) is 0 Å².